The lowest BCUT2D eigenvalue weighted by Gasteiger charge is -2.38. The van der Waals surface area contributed by atoms with Crippen molar-refractivity contribution in [3.63, 3.8) is 0 Å². The van der Waals surface area contributed by atoms with Crippen LogP contribution < -0.4 is 5.32 Å². The van der Waals surface area contributed by atoms with E-state index in [2.05, 4.69) is 15.4 Å². The third-order valence-electron chi connectivity index (χ3n) is 5.22. The Labute approximate surface area is 183 Å². The predicted molar refractivity (Wildman–Crippen MR) is 112 cm³/mol. The van der Waals surface area contributed by atoms with Gasteiger partial charge in [0.1, 0.15) is 17.3 Å². The molecule has 9 heteroatoms. The topological polar surface area (TPSA) is 69.0 Å². The van der Waals surface area contributed by atoms with E-state index in [9.17, 15) is 9.18 Å². The molecule has 0 radical (unpaired) electrons. The second kappa shape index (κ2) is 8.34. The van der Waals surface area contributed by atoms with Gasteiger partial charge >= 0.3 is 0 Å². The third-order valence-corrected chi connectivity index (χ3v) is 5.83. The van der Waals surface area contributed by atoms with Crippen LogP contribution in [0.5, 0.6) is 0 Å². The summed E-state index contributed by atoms with van der Waals surface area (Å²) in [6.07, 6.45) is 1.11. The number of carbonyl (C=O) groups excluding carboxylic acids is 1. The van der Waals surface area contributed by atoms with Crippen molar-refractivity contribution < 1.29 is 13.9 Å². The summed E-state index contributed by atoms with van der Waals surface area (Å²) < 4.78 is 20.4. The second-order valence-electron chi connectivity index (χ2n) is 7.12. The summed E-state index contributed by atoms with van der Waals surface area (Å²) in [5.41, 5.74) is 0.583. The van der Waals surface area contributed by atoms with Gasteiger partial charge in [-0.15, -0.1) is 5.10 Å². The summed E-state index contributed by atoms with van der Waals surface area (Å²) in [5.74, 6) is -0.305. The Morgan fingerprint density at radius 3 is 2.40 bits per heavy atom. The zero-order chi connectivity index (χ0) is 21.3. The number of carbonyl (C=O) groups is 1. The summed E-state index contributed by atoms with van der Waals surface area (Å²) in [5, 5.41) is 8.20. The first kappa shape index (κ1) is 20.8. The minimum atomic E-state index is -0.690. The highest BCUT2D eigenvalue weighted by Crippen LogP contribution is 2.33. The van der Waals surface area contributed by atoms with Gasteiger partial charge in [0.15, 0.2) is 0 Å². The number of benzene rings is 2. The largest absolute Gasteiger partial charge is 0.381 e. The predicted octanol–water partition coefficient (Wildman–Crippen LogP) is 4.46. The number of aryl methyl sites for hydroxylation is 1. The van der Waals surface area contributed by atoms with Crippen molar-refractivity contribution in [2.75, 3.05) is 13.2 Å². The molecule has 0 atom stereocenters. The number of amides is 1. The molecule has 3 aromatic rings. The van der Waals surface area contributed by atoms with E-state index in [-0.39, 0.29) is 11.6 Å². The van der Waals surface area contributed by atoms with E-state index in [1.165, 1.54) is 16.8 Å². The molecule has 156 valence electrons. The molecule has 2 aromatic carbocycles. The highest BCUT2D eigenvalue weighted by Gasteiger charge is 2.37. The first-order valence-corrected chi connectivity index (χ1v) is 10.2. The van der Waals surface area contributed by atoms with Crippen molar-refractivity contribution >= 4 is 29.1 Å². The van der Waals surface area contributed by atoms with Crippen molar-refractivity contribution in [3.05, 3.63) is 75.5 Å². The first-order valence-electron chi connectivity index (χ1n) is 9.44. The molecular formula is C21H19Cl2FN4O2. The van der Waals surface area contributed by atoms with Crippen LogP contribution in [0.2, 0.25) is 10.0 Å². The van der Waals surface area contributed by atoms with Crippen LogP contribution >= 0.6 is 23.2 Å². The van der Waals surface area contributed by atoms with Crippen LogP contribution in [0.25, 0.3) is 5.69 Å². The normalized spacial score (nSPS) is 15.7. The Kier molecular flexibility index (Phi) is 5.77. The van der Waals surface area contributed by atoms with Gasteiger partial charge in [0.25, 0.3) is 5.91 Å². The van der Waals surface area contributed by atoms with Crippen LogP contribution in [0.3, 0.4) is 0 Å². The Hall–Kier alpha value is -2.48. The van der Waals surface area contributed by atoms with Gasteiger partial charge in [-0.25, -0.2) is 14.1 Å². The Morgan fingerprint density at radius 2 is 1.77 bits per heavy atom. The monoisotopic (exact) mass is 448 g/mol. The molecular weight excluding hydrogens is 430 g/mol. The lowest BCUT2D eigenvalue weighted by molar-refractivity contribution is 0.0342. The maximum atomic E-state index is 13.4. The quantitative estimate of drug-likeness (QED) is 0.639. The molecule has 0 bridgehead atoms. The molecule has 1 amide bonds. The molecule has 0 aliphatic carbocycles. The van der Waals surface area contributed by atoms with Gasteiger partial charge < -0.3 is 10.1 Å². The molecule has 2 heterocycles. The molecule has 1 fully saturated rings. The van der Waals surface area contributed by atoms with Crippen molar-refractivity contribution in [1.29, 1.82) is 0 Å². The van der Waals surface area contributed by atoms with E-state index in [1.54, 1.807) is 37.3 Å². The number of hydrogen-bond acceptors (Lipinski definition) is 4. The van der Waals surface area contributed by atoms with Crippen molar-refractivity contribution in [1.82, 2.24) is 20.1 Å². The van der Waals surface area contributed by atoms with Gasteiger partial charge in [-0.2, -0.15) is 0 Å². The molecule has 6 nitrogen and oxygen atoms in total. The van der Waals surface area contributed by atoms with Crippen molar-refractivity contribution in [3.8, 4) is 5.69 Å². The maximum Gasteiger partial charge on any atom is 0.291 e. The molecule has 1 aromatic heterocycles. The Bertz CT molecular complexity index is 1060. The summed E-state index contributed by atoms with van der Waals surface area (Å²) in [6.45, 7) is 2.68. The smallest absolute Gasteiger partial charge is 0.291 e. The minimum Gasteiger partial charge on any atom is -0.381 e. The van der Waals surface area contributed by atoms with Crippen LogP contribution in [0.4, 0.5) is 4.39 Å². The van der Waals surface area contributed by atoms with E-state index >= 15 is 0 Å². The fraction of sp³-hybridized carbons (Fsp3) is 0.286. The van der Waals surface area contributed by atoms with Crippen LogP contribution in [0.15, 0.2) is 42.5 Å². The van der Waals surface area contributed by atoms with Gasteiger partial charge in [-0.3, -0.25) is 4.79 Å². The first-order chi connectivity index (χ1) is 14.4. The van der Waals surface area contributed by atoms with Gasteiger partial charge in [-0.1, -0.05) is 41.4 Å². The second-order valence-corrected chi connectivity index (χ2v) is 7.93. The van der Waals surface area contributed by atoms with E-state index in [4.69, 9.17) is 27.9 Å². The number of rotatable bonds is 4. The fourth-order valence-corrected chi connectivity index (χ4v) is 4.19. The Morgan fingerprint density at radius 1 is 1.13 bits per heavy atom. The lowest BCUT2D eigenvalue weighted by Crippen LogP contribution is -2.49. The van der Waals surface area contributed by atoms with Gasteiger partial charge in [0, 0.05) is 13.2 Å². The lowest BCUT2D eigenvalue weighted by atomic mass is 9.82. The van der Waals surface area contributed by atoms with E-state index in [0.717, 1.165) is 5.56 Å². The highest BCUT2D eigenvalue weighted by molar-refractivity contribution is 6.37. The number of aromatic nitrogens is 3. The summed E-state index contributed by atoms with van der Waals surface area (Å²) >= 11 is 12.6. The number of para-hydroxylation sites is 1. The molecule has 30 heavy (non-hydrogen) atoms. The molecule has 1 saturated heterocycles. The number of ether oxygens (including phenoxy) is 1. The molecule has 0 spiro atoms. The molecule has 1 aliphatic rings. The molecule has 0 unspecified atom stereocenters. The SMILES string of the molecule is Cc1nc(C(=O)NC2(c3ccc(F)cc3)CCOCC2)nn1-c1c(Cl)cccc1Cl. The zero-order valence-electron chi connectivity index (χ0n) is 16.2. The number of hydrogen-bond donors (Lipinski definition) is 1. The number of nitrogens with zero attached hydrogens (tertiary/aromatic N) is 3. The molecule has 1 N–H and O–H groups in total. The average Bonchev–Trinajstić information content (AvgIpc) is 3.10. The summed E-state index contributed by atoms with van der Waals surface area (Å²) in [7, 11) is 0. The average molecular weight is 449 g/mol. The molecule has 4 rings (SSSR count). The van der Waals surface area contributed by atoms with Crippen LogP contribution in [0, 0.1) is 12.7 Å². The fourth-order valence-electron chi connectivity index (χ4n) is 3.64. The minimum absolute atomic E-state index is 0.00327. The van der Waals surface area contributed by atoms with Gasteiger partial charge in [0.05, 0.1) is 15.6 Å². The van der Waals surface area contributed by atoms with E-state index in [1.807, 2.05) is 0 Å². The molecule has 1 aliphatic heterocycles. The maximum absolute atomic E-state index is 13.4. The Balaban J connectivity index is 1.66. The third kappa shape index (κ3) is 3.93. The summed E-state index contributed by atoms with van der Waals surface area (Å²) in [6, 6.07) is 11.2. The van der Waals surface area contributed by atoms with Crippen molar-refractivity contribution in [2.24, 2.45) is 0 Å². The molecule has 0 saturated carbocycles. The van der Waals surface area contributed by atoms with Crippen LogP contribution in [-0.4, -0.2) is 33.9 Å². The van der Waals surface area contributed by atoms with Gasteiger partial charge in [-0.05, 0) is 49.6 Å². The zero-order valence-corrected chi connectivity index (χ0v) is 17.7. The summed E-state index contributed by atoms with van der Waals surface area (Å²) in [4.78, 5) is 17.4. The van der Waals surface area contributed by atoms with Crippen molar-refractivity contribution in [2.45, 2.75) is 25.3 Å². The number of nitrogens with one attached hydrogen (secondary N) is 1. The van der Waals surface area contributed by atoms with E-state index < -0.39 is 11.4 Å². The number of halogens is 3. The highest BCUT2D eigenvalue weighted by atomic mass is 35.5. The van der Waals surface area contributed by atoms with Gasteiger partial charge in [0.2, 0.25) is 5.82 Å². The van der Waals surface area contributed by atoms with Crippen LogP contribution in [0.1, 0.15) is 34.8 Å². The standard InChI is InChI=1S/C21H19Cl2FN4O2/c1-13-25-19(27-28(13)18-16(22)3-2-4-17(18)23)20(29)26-21(9-11-30-12-10-21)14-5-7-15(24)8-6-14/h2-8H,9-12H2,1H3,(H,26,29). The van der Waals surface area contributed by atoms with Crippen LogP contribution in [-0.2, 0) is 10.3 Å². The van der Waals surface area contributed by atoms with E-state index in [0.29, 0.717) is 47.6 Å².